The van der Waals surface area contributed by atoms with Crippen molar-refractivity contribution in [3.05, 3.63) is 10.4 Å². The second kappa shape index (κ2) is 4.75. The number of hydrogen-bond donors (Lipinski definition) is 1. The van der Waals surface area contributed by atoms with E-state index < -0.39 is 0 Å². The molecule has 1 aromatic heterocycles. The summed E-state index contributed by atoms with van der Waals surface area (Å²) in [7, 11) is 0. The standard InChI is InChI=1S/C10H17N3S/c11-9-8-14-10(12-9)7-13-5-3-1-2-4-6-13/h8H,1-7,11H2. The molecule has 0 bridgehead atoms. The van der Waals surface area contributed by atoms with Gasteiger partial charge >= 0.3 is 0 Å². The third kappa shape index (κ3) is 2.69. The number of nitrogen functional groups attached to an aromatic ring is 1. The highest BCUT2D eigenvalue weighted by atomic mass is 32.1. The fraction of sp³-hybridized carbons (Fsp3) is 0.700. The van der Waals surface area contributed by atoms with Gasteiger partial charge in [0, 0.05) is 5.38 Å². The molecule has 1 aliphatic rings. The molecule has 0 aromatic carbocycles. The Morgan fingerprint density at radius 3 is 2.57 bits per heavy atom. The second-order valence-corrected chi connectivity index (χ2v) is 4.80. The predicted octanol–water partition coefficient (Wildman–Crippen LogP) is 2.10. The first-order valence-corrected chi connectivity index (χ1v) is 6.15. The summed E-state index contributed by atoms with van der Waals surface area (Å²) in [6.45, 7) is 3.43. The first-order chi connectivity index (χ1) is 6.84. The average molecular weight is 211 g/mol. The summed E-state index contributed by atoms with van der Waals surface area (Å²) in [6, 6.07) is 0. The van der Waals surface area contributed by atoms with E-state index in [9.17, 15) is 0 Å². The van der Waals surface area contributed by atoms with Crippen LogP contribution in [0.3, 0.4) is 0 Å². The van der Waals surface area contributed by atoms with Crippen molar-refractivity contribution in [2.45, 2.75) is 32.2 Å². The maximum Gasteiger partial charge on any atom is 0.134 e. The van der Waals surface area contributed by atoms with E-state index in [0.717, 1.165) is 11.6 Å². The van der Waals surface area contributed by atoms with E-state index in [1.54, 1.807) is 11.3 Å². The van der Waals surface area contributed by atoms with Crippen LogP contribution in [0.25, 0.3) is 0 Å². The SMILES string of the molecule is Nc1csc(CN2CCCCCC2)n1. The fourth-order valence-corrected chi connectivity index (χ4v) is 2.61. The molecule has 0 spiro atoms. The molecule has 0 atom stereocenters. The third-order valence-electron chi connectivity index (χ3n) is 2.63. The van der Waals surface area contributed by atoms with Crippen LogP contribution in [0.2, 0.25) is 0 Å². The molecule has 1 aromatic rings. The number of hydrogen-bond acceptors (Lipinski definition) is 4. The Hall–Kier alpha value is -0.610. The van der Waals surface area contributed by atoms with Crippen LogP contribution in [0.1, 0.15) is 30.7 Å². The zero-order valence-corrected chi connectivity index (χ0v) is 9.22. The van der Waals surface area contributed by atoms with E-state index in [1.165, 1.54) is 38.8 Å². The molecule has 1 aliphatic heterocycles. The van der Waals surface area contributed by atoms with Crippen LogP contribution < -0.4 is 5.73 Å². The van der Waals surface area contributed by atoms with Crippen LogP contribution in [0.5, 0.6) is 0 Å². The zero-order chi connectivity index (χ0) is 9.80. The van der Waals surface area contributed by atoms with Crippen molar-refractivity contribution in [2.24, 2.45) is 0 Å². The Bertz CT molecular complexity index is 277. The van der Waals surface area contributed by atoms with Gasteiger partial charge in [0.1, 0.15) is 10.8 Å². The number of nitrogens with two attached hydrogens (primary N) is 1. The molecule has 2 heterocycles. The minimum absolute atomic E-state index is 0.667. The summed E-state index contributed by atoms with van der Waals surface area (Å²) in [5, 5.41) is 3.08. The van der Waals surface area contributed by atoms with Crippen LogP contribution in [-0.2, 0) is 6.54 Å². The number of rotatable bonds is 2. The molecule has 3 nitrogen and oxygen atoms in total. The molecule has 0 radical (unpaired) electrons. The van der Waals surface area contributed by atoms with Gasteiger partial charge in [-0.15, -0.1) is 11.3 Å². The monoisotopic (exact) mass is 211 g/mol. The summed E-state index contributed by atoms with van der Waals surface area (Å²) < 4.78 is 0. The normalized spacial score (nSPS) is 19.4. The van der Waals surface area contributed by atoms with Gasteiger partial charge in [-0.3, -0.25) is 4.90 Å². The summed E-state index contributed by atoms with van der Waals surface area (Å²) in [6.07, 6.45) is 5.44. The van der Waals surface area contributed by atoms with Gasteiger partial charge in [-0.1, -0.05) is 12.8 Å². The minimum atomic E-state index is 0.667. The summed E-state index contributed by atoms with van der Waals surface area (Å²) in [5.74, 6) is 0.667. The number of nitrogens with zero attached hydrogens (tertiary/aromatic N) is 2. The molecule has 2 N–H and O–H groups in total. The van der Waals surface area contributed by atoms with E-state index in [2.05, 4.69) is 9.88 Å². The molecule has 0 aliphatic carbocycles. The van der Waals surface area contributed by atoms with Crippen molar-refractivity contribution < 1.29 is 0 Å². The van der Waals surface area contributed by atoms with Crippen LogP contribution >= 0.6 is 11.3 Å². The van der Waals surface area contributed by atoms with Crippen LogP contribution in [-0.4, -0.2) is 23.0 Å². The Morgan fingerprint density at radius 2 is 2.00 bits per heavy atom. The lowest BCUT2D eigenvalue weighted by molar-refractivity contribution is 0.276. The lowest BCUT2D eigenvalue weighted by Gasteiger charge is -2.17. The molecule has 2 rings (SSSR count). The van der Waals surface area contributed by atoms with Gasteiger partial charge in [-0.2, -0.15) is 0 Å². The lowest BCUT2D eigenvalue weighted by Crippen LogP contribution is -2.23. The molecular formula is C10H17N3S. The van der Waals surface area contributed by atoms with Crippen LogP contribution in [0.15, 0.2) is 5.38 Å². The summed E-state index contributed by atoms with van der Waals surface area (Å²) >= 11 is 1.67. The third-order valence-corrected chi connectivity index (χ3v) is 3.48. The first kappa shape index (κ1) is 9.93. The van der Waals surface area contributed by atoms with Crippen molar-refractivity contribution in [2.75, 3.05) is 18.8 Å². The quantitative estimate of drug-likeness (QED) is 0.814. The highest BCUT2D eigenvalue weighted by molar-refractivity contribution is 7.09. The van der Waals surface area contributed by atoms with E-state index in [4.69, 9.17) is 5.73 Å². The molecule has 1 fully saturated rings. The van der Waals surface area contributed by atoms with E-state index in [-0.39, 0.29) is 0 Å². The highest BCUT2D eigenvalue weighted by Crippen LogP contribution is 2.16. The summed E-state index contributed by atoms with van der Waals surface area (Å²) in [4.78, 5) is 6.78. The Kier molecular flexibility index (Phi) is 3.37. The van der Waals surface area contributed by atoms with E-state index in [1.807, 2.05) is 5.38 Å². The van der Waals surface area contributed by atoms with Gasteiger partial charge in [0.2, 0.25) is 0 Å². The maximum atomic E-state index is 5.60. The smallest absolute Gasteiger partial charge is 0.134 e. The average Bonchev–Trinajstić information content (AvgIpc) is 2.43. The summed E-state index contributed by atoms with van der Waals surface area (Å²) in [5.41, 5.74) is 5.60. The molecule has 1 saturated heterocycles. The van der Waals surface area contributed by atoms with Gasteiger partial charge in [-0.25, -0.2) is 4.98 Å². The van der Waals surface area contributed by atoms with Crippen LogP contribution in [0.4, 0.5) is 5.82 Å². The molecule has 78 valence electrons. The largest absolute Gasteiger partial charge is 0.383 e. The lowest BCUT2D eigenvalue weighted by atomic mass is 10.2. The molecule has 14 heavy (non-hydrogen) atoms. The first-order valence-electron chi connectivity index (χ1n) is 5.27. The van der Waals surface area contributed by atoms with Gasteiger partial charge in [-0.05, 0) is 25.9 Å². The van der Waals surface area contributed by atoms with Crippen LogP contribution in [0, 0.1) is 0 Å². The zero-order valence-electron chi connectivity index (χ0n) is 8.41. The van der Waals surface area contributed by atoms with Crippen molar-refractivity contribution >= 4 is 17.2 Å². The van der Waals surface area contributed by atoms with E-state index in [0.29, 0.717) is 5.82 Å². The van der Waals surface area contributed by atoms with Crippen molar-refractivity contribution in [3.8, 4) is 0 Å². The topological polar surface area (TPSA) is 42.1 Å². The Morgan fingerprint density at radius 1 is 1.29 bits per heavy atom. The molecule has 4 heteroatoms. The van der Waals surface area contributed by atoms with Crippen molar-refractivity contribution in [1.29, 1.82) is 0 Å². The van der Waals surface area contributed by atoms with Gasteiger partial charge < -0.3 is 5.73 Å². The second-order valence-electron chi connectivity index (χ2n) is 3.86. The number of aromatic nitrogens is 1. The molecule has 0 unspecified atom stereocenters. The van der Waals surface area contributed by atoms with E-state index >= 15 is 0 Å². The number of anilines is 1. The van der Waals surface area contributed by atoms with Gasteiger partial charge in [0.25, 0.3) is 0 Å². The maximum absolute atomic E-state index is 5.60. The fourth-order valence-electron chi connectivity index (χ4n) is 1.88. The predicted molar refractivity (Wildman–Crippen MR) is 60.3 cm³/mol. The van der Waals surface area contributed by atoms with Gasteiger partial charge in [0.05, 0.1) is 6.54 Å². The molecule has 0 saturated carbocycles. The van der Waals surface area contributed by atoms with Crippen molar-refractivity contribution in [3.63, 3.8) is 0 Å². The number of thiazole rings is 1. The minimum Gasteiger partial charge on any atom is -0.383 e. The number of likely N-dealkylation sites (tertiary alicyclic amines) is 1. The molecular weight excluding hydrogens is 194 g/mol. The highest BCUT2D eigenvalue weighted by Gasteiger charge is 2.10. The van der Waals surface area contributed by atoms with Crippen molar-refractivity contribution in [1.82, 2.24) is 9.88 Å². The Balaban J connectivity index is 1.89. The van der Waals surface area contributed by atoms with Gasteiger partial charge in [0.15, 0.2) is 0 Å². The Labute approximate surface area is 88.9 Å². The molecule has 0 amide bonds.